The zero-order valence-electron chi connectivity index (χ0n) is 13.8. The number of halogens is 1. The van der Waals surface area contributed by atoms with Crippen LogP contribution >= 0.6 is 0 Å². The van der Waals surface area contributed by atoms with Gasteiger partial charge in [-0.3, -0.25) is 0 Å². The molecule has 0 aliphatic carbocycles. The summed E-state index contributed by atoms with van der Waals surface area (Å²) in [5.41, 5.74) is 7.22. The van der Waals surface area contributed by atoms with E-state index < -0.39 is 6.03 Å². The molecule has 2 aromatic heterocycles. The normalized spacial score (nSPS) is 12.1. The zero-order chi connectivity index (χ0) is 18.0. The predicted octanol–water partition coefficient (Wildman–Crippen LogP) is 3.53. The summed E-state index contributed by atoms with van der Waals surface area (Å²) in [6, 6.07) is 3.57. The number of hydrogen-bond acceptors (Lipinski definition) is 5. The van der Waals surface area contributed by atoms with Gasteiger partial charge in [-0.05, 0) is 31.5 Å². The maximum Gasteiger partial charge on any atom is 0.319 e. The molecule has 8 heteroatoms. The molecule has 0 saturated carbocycles. The number of benzene rings is 1. The first kappa shape index (κ1) is 16.7. The second kappa shape index (κ2) is 6.76. The van der Waals surface area contributed by atoms with Crippen molar-refractivity contribution < 1.29 is 13.6 Å². The van der Waals surface area contributed by atoms with Crippen LogP contribution in [0.2, 0.25) is 0 Å². The molecule has 3 rings (SSSR count). The molecule has 1 atom stereocenters. The average Bonchev–Trinajstić information content (AvgIpc) is 2.91. The van der Waals surface area contributed by atoms with Crippen molar-refractivity contribution in [2.75, 3.05) is 11.1 Å². The molecule has 0 spiro atoms. The number of nitrogen functional groups attached to an aromatic ring is 1. The molecule has 2 amide bonds. The number of urea groups is 1. The number of fused-ring (bicyclic) bond motifs is 1. The summed E-state index contributed by atoms with van der Waals surface area (Å²) in [6.45, 7) is 3.77. The van der Waals surface area contributed by atoms with Crippen LogP contribution in [0.3, 0.4) is 0 Å². The van der Waals surface area contributed by atoms with Crippen LogP contribution in [-0.4, -0.2) is 16.0 Å². The minimum atomic E-state index is -0.425. The Bertz CT molecular complexity index is 907. The minimum Gasteiger partial charge on any atom is -0.459 e. The number of anilines is 2. The van der Waals surface area contributed by atoms with Crippen molar-refractivity contribution in [3.63, 3.8) is 0 Å². The molecule has 7 nitrogen and oxygen atoms in total. The Morgan fingerprint density at radius 1 is 1.36 bits per heavy atom. The van der Waals surface area contributed by atoms with Gasteiger partial charge in [0.05, 0.1) is 24.1 Å². The Morgan fingerprint density at radius 2 is 2.08 bits per heavy atom. The molecule has 1 unspecified atom stereocenters. The lowest BCUT2D eigenvalue weighted by Gasteiger charge is -2.16. The van der Waals surface area contributed by atoms with E-state index in [4.69, 9.17) is 10.2 Å². The first-order valence-corrected chi connectivity index (χ1v) is 7.81. The first-order chi connectivity index (χ1) is 12.0. The third kappa shape index (κ3) is 3.52. The smallest absolute Gasteiger partial charge is 0.319 e. The lowest BCUT2D eigenvalue weighted by molar-refractivity contribution is 0.246. The molecule has 0 saturated heterocycles. The number of nitrogens with two attached hydrogens (primary N) is 1. The lowest BCUT2D eigenvalue weighted by atomic mass is 10.1. The Kier molecular flexibility index (Phi) is 4.51. The van der Waals surface area contributed by atoms with Crippen molar-refractivity contribution in [3.05, 3.63) is 47.7 Å². The van der Waals surface area contributed by atoms with Crippen LogP contribution < -0.4 is 16.4 Å². The fraction of sp³-hybridized carbons (Fsp3) is 0.235. The van der Waals surface area contributed by atoms with Gasteiger partial charge < -0.3 is 20.8 Å². The molecule has 25 heavy (non-hydrogen) atoms. The van der Waals surface area contributed by atoms with Crippen molar-refractivity contribution in [1.29, 1.82) is 0 Å². The van der Waals surface area contributed by atoms with E-state index in [1.165, 1.54) is 24.5 Å². The van der Waals surface area contributed by atoms with Crippen molar-refractivity contribution in [2.24, 2.45) is 0 Å². The molecular weight excluding hydrogens is 325 g/mol. The summed E-state index contributed by atoms with van der Waals surface area (Å²) in [7, 11) is 0. The number of carbonyl (C=O) groups is 1. The quantitative estimate of drug-likeness (QED) is 0.672. The summed E-state index contributed by atoms with van der Waals surface area (Å²) < 4.78 is 19.3. The van der Waals surface area contributed by atoms with Crippen molar-refractivity contribution >= 4 is 28.6 Å². The fourth-order valence-corrected chi connectivity index (χ4v) is 2.63. The molecule has 0 fully saturated rings. The second-order valence-corrected chi connectivity index (χ2v) is 5.62. The number of aryl methyl sites for hydroxylation is 1. The highest BCUT2D eigenvalue weighted by Gasteiger charge is 2.21. The van der Waals surface area contributed by atoms with E-state index in [0.29, 0.717) is 28.8 Å². The lowest BCUT2D eigenvalue weighted by Crippen LogP contribution is -2.32. The van der Waals surface area contributed by atoms with Crippen LogP contribution in [0.25, 0.3) is 11.0 Å². The number of nitrogens with one attached hydrogen (secondary N) is 2. The average molecular weight is 343 g/mol. The molecule has 2 heterocycles. The Hall–Kier alpha value is -3.16. The largest absolute Gasteiger partial charge is 0.459 e. The highest BCUT2D eigenvalue weighted by atomic mass is 19.1. The third-order valence-corrected chi connectivity index (χ3v) is 3.89. The summed E-state index contributed by atoms with van der Waals surface area (Å²) in [5, 5.41) is 6.17. The summed E-state index contributed by atoms with van der Waals surface area (Å²) in [4.78, 5) is 19.8. The van der Waals surface area contributed by atoms with Crippen molar-refractivity contribution in [3.8, 4) is 0 Å². The number of carbonyl (C=O) groups excluding carboxylic acids is 1. The maximum atomic E-state index is 13.4. The first-order valence-electron chi connectivity index (χ1n) is 7.81. The van der Waals surface area contributed by atoms with Crippen molar-refractivity contribution in [1.82, 2.24) is 15.3 Å². The summed E-state index contributed by atoms with van der Waals surface area (Å²) >= 11 is 0. The van der Waals surface area contributed by atoms with Gasteiger partial charge in [0.1, 0.15) is 17.2 Å². The molecule has 3 aromatic rings. The van der Waals surface area contributed by atoms with Crippen LogP contribution in [0.5, 0.6) is 0 Å². The molecular formula is C17H18FN5O2. The van der Waals surface area contributed by atoms with Gasteiger partial charge in [0.25, 0.3) is 0 Å². The molecule has 0 aliphatic rings. The van der Waals surface area contributed by atoms with Gasteiger partial charge in [0, 0.05) is 10.9 Å². The van der Waals surface area contributed by atoms with Gasteiger partial charge in [-0.15, -0.1) is 0 Å². The Balaban J connectivity index is 1.79. The van der Waals surface area contributed by atoms with Gasteiger partial charge in [-0.25, -0.2) is 19.2 Å². The zero-order valence-corrected chi connectivity index (χ0v) is 13.8. The third-order valence-electron chi connectivity index (χ3n) is 3.89. The van der Waals surface area contributed by atoms with Gasteiger partial charge in [0.2, 0.25) is 5.95 Å². The van der Waals surface area contributed by atoms with E-state index in [1.807, 2.05) is 13.8 Å². The van der Waals surface area contributed by atoms with Gasteiger partial charge in [0.15, 0.2) is 0 Å². The van der Waals surface area contributed by atoms with E-state index in [1.54, 1.807) is 6.07 Å². The van der Waals surface area contributed by atoms with Crippen LogP contribution in [0, 0.1) is 12.7 Å². The molecule has 1 aromatic carbocycles. The highest BCUT2D eigenvalue weighted by Crippen LogP contribution is 2.31. The molecule has 4 N–H and O–H groups in total. The second-order valence-electron chi connectivity index (χ2n) is 5.62. The summed E-state index contributed by atoms with van der Waals surface area (Å²) in [6.07, 6.45) is 3.44. The van der Waals surface area contributed by atoms with Crippen LogP contribution in [0.15, 0.2) is 35.0 Å². The minimum absolute atomic E-state index is 0.127. The van der Waals surface area contributed by atoms with E-state index >= 15 is 0 Å². The van der Waals surface area contributed by atoms with Gasteiger partial charge >= 0.3 is 6.03 Å². The van der Waals surface area contributed by atoms with E-state index in [2.05, 4.69) is 20.6 Å². The van der Waals surface area contributed by atoms with Gasteiger partial charge in [-0.1, -0.05) is 6.92 Å². The van der Waals surface area contributed by atoms with E-state index in [-0.39, 0.29) is 17.8 Å². The molecule has 0 radical (unpaired) electrons. The molecule has 0 aliphatic heterocycles. The maximum absolute atomic E-state index is 13.4. The number of nitrogens with zero attached hydrogens (tertiary/aromatic N) is 2. The summed E-state index contributed by atoms with van der Waals surface area (Å²) in [5.74, 6) is 0.402. The van der Waals surface area contributed by atoms with E-state index in [9.17, 15) is 9.18 Å². The number of amides is 2. The number of rotatable bonds is 4. The van der Waals surface area contributed by atoms with Crippen LogP contribution in [0.1, 0.15) is 30.7 Å². The van der Waals surface area contributed by atoms with E-state index in [0.717, 1.165) is 5.56 Å². The van der Waals surface area contributed by atoms with Gasteiger partial charge in [-0.2, -0.15) is 0 Å². The number of aromatic nitrogens is 2. The van der Waals surface area contributed by atoms with Crippen molar-refractivity contribution in [2.45, 2.75) is 26.3 Å². The standard InChI is InChI=1S/C17H18FN5O2/c1-3-13(23-17(24)22-11-7-20-16(19)21-8-11)15-9(2)12-6-10(18)4-5-14(12)25-15/h4-8,13H,3H2,1-2H3,(H2,19,20,21)(H2,22,23,24). The van der Waals surface area contributed by atoms with Crippen LogP contribution in [0.4, 0.5) is 20.8 Å². The number of furan rings is 1. The SMILES string of the molecule is CCC(NC(=O)Nc1cnc(N)nc1)c1oc2ccc(F)cc2c1C. The highest BCUT2D eigenvalue weighted by molar-refractivity contribution is 5.89. The molecule has 0 bridgehead atoms. The fourth-order valence-electron chi connectivity index (χ4n) is 2.63. The monoisotopic (exact) mass is 343 g/mol. The topological polar surface area (TPSA) is 106 Å². The number of hydrogen-bond donors (Lipinski definition) is 3. The Labute approximate surface area is 143 Å². The Morgan fingerprint density at radius 3 is 2.76 bits per heavy atom. The van der Waals surface area contributed by atoms with Crippen LogP contribution in [-0.2, 0) is 0 Å². The molecule has 130 valence electrons. The predicted molar refractivity (Wildman–Crippen MR) is 92.5 cm³/mol.